The van der Waals surface area contributed by atoms with E-state index in [0.29, 0.717) is 41.9 Å². The van der Waals surface area contributed by atoms with E-state index in [9.17, 15) is 4.79 Å². The number of halogens is 2. The number of nitrogens with zero attached hydrogens (tertiary/aromatic N) is 1. The molecule has 0 radical (unpaired) electrons. The maximum Gasteiger partial charge on any atom is 0.268 e. The van der Waals surface area contributed by atoms with Crippen LogP contribution in [0.2, 0.25) is 10.0 Å². The Kier molecular flexibility index (Phi) is 4.23. The second-order valence-corrected chi connectivity index (χ2v) is 4.45. The first-order chi connectivity index (χ1) is 8.18. The van der Waals surface area contributed by atoms with Crippen molar-refractivity contribution in [1.29, 1.82) is 0 Å². The van der Waals surface area contributed by atoms with Crippen LogP contribution in [0.4, 0.5) is 0 Å². The quantitative estimate of drug-likeness (QED) is 0.897. The van der Waals surface area contributed by atoms with Gasteiger partial charge in [-0.2, -0.15) is 0 Å². The summed E-state index contributed by atoms with van der Waals surface area (Å²) in [6, 6.07) is 4.99. The van der Waals surface area contributed by atoms with Gasteiger partial charge in [-0.05, 0) is 12.1 Å². The zero-order valence-electron chi connectivity index (χ0n) is 9.08. The Hall–Kier alpha value is -0.810. The van der Waals surface area contributed by atoms with Gasteiger partial charge in [-0.1, -0.05) is 29.3 Å². The fourth-order valence-electron chi connectivity index (χ4n) is 1.59. The number of carbonyl (C=O) groups excluding carboxylic acids is 1. The highest BCUT2D eigenvalue weighted by molar-refractivity contribution is 6.39. The third-order valence-corrected chi connectivity index (χ3v) is 3.09. The van der Waals surface area contributed by atoms with Gasteiger partial charge in [0.1, 0.15) is 0 Å². The largest absolute Gasteiger partial charge is 0.379 e. The van der Waals surface area contributed by atoms with E-state index in [0.717, 1.165) is 0 Å². The first-order valence-corrected chi connectivity index (χ1v) is 6.02. The minimum Gasteiger partial charge on any atom is -0.379 e. The summed E-state index contributed by atoms with van der Waals surface area (Å²) in [4.78, 5) is 12.0. The van der Waals surface area contributed by atoms with Crippen LogP contribution in [0.1, 0.15) is 10.4 Å². The molecule has 1 aromatic rings. The zero-order valence-corrected chi connectivity index (χ0v) is 10.6. The van der Waals surface area contributed by atoms with Gasteiger partial charge in [-0.25, -0.2) is 5.01 Å². The molecular formula is C11H12Cl2N2O2. The monoisotopic (exact) mass is 274 g/mol. The Morgan fingerprint density at radius 1 is 1.24 bits per heavy atom. The third kappa shape index (κ3) is 3.10. The fraction of sp³-hybridized carbons (Fsp3) is 0.364. The van der Waals surface area contributed by atoms with E-state index in [-0.39, 0.29) is 5.91 Å². The average Bonchev–Trinajstić information content (AvgIpc) is 2.30. The van der Waals surface area contributed by atoms with Crippen molar-refractivity contribution in [2.24, 2.45) is 0 Å². The van der Waals surface area contributed by atoms with Gasteiger partial charge < -0.3 is 4.74 Å². The van der Waals surface area contributed by atoms with Crippen LogP contribution in [0.25, 0.3) is 0 Å². The van der Waals surface area contributed by atoms with Gasteiger partial charge >= 0.3 is 0 Å². The molecule has 1 heterocycles. The Morgan fingerprint density at radius 2 is 1.82 bits per heavy atom. The molecule has 92 valence electrons. The van der Waals surface area contributed by atoms with E-state index in [4.69, 9.17) is 27.9 Å². The summed E-state index contributed by atoms with van der Waals surface area (Å²) in [6.45, 7) is 2.54. The Bertz CT molecular complexity index is 400. The summed E-state index contributed by atoms with van der Waals surface area (Å²) in [7, 11) is 0. The maximum absolute atomic E-state index is 12.0. The van der Waals surface area contributed by atoms with Crippen LogP contribution in [-0.4, -0.2) is 37.2 Å². The molecule has 1 aromatic carbocycles. The van der Waals surface area contributed by atoms with Crippen LogP contribution < -0.4 is 5.43 Å². The number of amides is 1. The molecule has 1 aliphatic heterocycles. The van der Waals surface area contributed by atoms with E-state index in [1.807, 2.05) is 0 Å². The van der Waals surface area contributed by atoms with Gasteiger partial charge in [0.2, 0.25) is 0 Å². The van der Waals surface area contributed by atoms with Crippen LogP contribution in [0.3, 0.4) is 0 Å². The van der Waals surface area contributed by atoms with Crippen molar-refractivity contribution in [3.8, 4) is 0 Å². The van der Waals surface area contributed by atoms with E-state index < -0.39 is 0 Å². The predicted octanol–water partition coefficient (Wildman–Crippen LogP) is 1.97. The van der Waals surface area contributed by atoms with Crippen molar-refractivity contribution in [3.63, 3.8) is 0 Å². The summed E-state index contributed by atoms with van der Waals surface area (Å²) >= 11 is 11.9. The highest BCUT2D eigenvalue weighted by Gasteiger charge is 2.18. The molecule has 0 bridgehead atoms. The van der Waals surface area contributed by atoms with Gasteiger partial charge in [-0.3, -0.25) is 10.2 Å². The summed E-state index contributed by atoms with van der Waals surface area (Å²) < 4.78 is 5.19. The van der Waals surface area contributed by atoms with Crippen LogP contribution in [-0.2, 0) is 4.74 Å². The van der Waals surface area contributed by atoms with Crippen LogP contribution >= 0.6 is 23.2 Å². The number of ether oxygens (including phenoxy) is 1. The minimum atomic E-state index is -0.289. The lowest BCUT2D eigenvalue weighted by atomic mass is 10.2. The van der Waals surface area contributed by atoms with Crippen molar-refractivity contribution in [2.75, 3.05) is 26.3 Å². The second kappa shape index (κ2) is 5.69. The van der Waals surface area contributed by atoms with Crippen molar-refractivity contribution < 1.29 is 9.53 Å². The van der Waals surface area contributed by atoms with Crippen LogP contribution in [0.5, 0.6) is 0 Å². The molecule has 0 atom stereocenters. The minimum absolute atomic E-state index is 0.289. The fourth-order valence-corrected chi connectivity index (χ4v) is 2.16. The van der Waals surface area contributed by atoms with E-state index in [1.165, 1.54) is 0 Å². The molecule has 6 heteroatoms. The summed E-state index contributed by atoms with van der Waals surface area (Å²) in [5, 5.41) is 2.50. The first kappa shape index (κ1) is 12.6. The molecule has 0 saturated carbocycles. The molecule has 1 N–H and O–H groups in total. The highest BCUT2D eigenvalue weighted by Crippen LogP contribution is 2.24. The molecule has 1 fully saturated rings. The lowest BCUT2D eigenvalue weighted by Crippen LogP contribution is -2.48. The lowest BCUT2D eigenvalue weighted by Gasteiger charge is -2.27. The molecule has 1 aliphatic rings. The smallest absolute Gasteiger partial charge is 0.268 e. The molecule has 0 spiro atoms. The number of hydrazine groups is 1. The van der Waals surface area contributed by atoms with Gasteiger partial charge in [0.15, 0.2) is 0 Å². The molecular weight excluding hydrogens is 263 g/mol. The Morgan fingerprint density at radius 3 is 2.41 bits per heavy atom. The number of nitrogens with one attached hydrogen (secondary N) is 1. The van der Waals surface area contributed by atoms with Gasteiger partial charge in [0.05, 0.1) is 28.8 Å². The molecule has 1 amide bonds. The number of hydrogen-bond acceptors (Lipinski definition) is 3. The second-order valence-electron chi connectivity index (χ2n) is 3.64. The van der Waals surface area contributed by atoms with Crippen LogP contribution in [0.15, 0.2) is 18.2 Å². The Balaban J connectivity index is 2.08. The molecule has 17 heavy (non-hydrogen) atoms. The maximum atomic E-state index is 12.0. The number of rotatable bonds is 2. The standard InChI is InChI=1S/C11H12Cl2N2O2/c12-8-2-1-3-9(13)10(8)11(16)14-15-4-6-17-7-5-15/h1-3H,4-7H2,(H,14,16). The van der Waals surface area contributed by atoms with E-state index >= 15 is 0 Å². The SMILES string of the molecule is O=C(NN1CCOCC1)c1c(Cl)cccc1Cl. The normalized spacial score (nSPS) is 16.8. The van der Waals surface area contributed by atoms with E-state index in [1.54, 1.807) is 23.2 Å². The molecule has 4 nitrogen and oxygen atoms in total. The third-order valence-electron chi connectivity index (χ3n) is 2.46. The zero-order chi connectivity index (χ0) is 12.3. The Labute approximate surface area is 109 Å². The van der Waals surface area contributed by atoms with Crippen molar-refractivity contribution in [2.45, 2.75) is 0 Å². The van der Waals surface area contributed by atoms with Crippen molar-refractivity contribution in [1.82, 2.24) is 10.4 Å². The van der Waals surface area contributed by atoms with Crippen molar-refractivity contribution in [3.05, 3.63) is 33.8 Å². The molecule has 0 aliphatic carbocycles. The van der Waals surface area contributed by atoms with E-state index in [2.05, 4.69) is 5.43 Å². The molecule has 0 unspecified atom stereocenters. The summed E-state index contributed by atoms with van der Waals surface area (Å²) in [5.41, 5.74) is 3.07. The van der Waals surface area contributed by atoms with Gasteiger partial charge in [0, 0.05) is 13.1 Å². The number of morpholine rings is 1. The highest BCUT2D eigenvalue weighted by atomic mass is 35.5. The number of carbonyl (C=O) groups is 1. The summed E-state index contributed by atoms with van der Waals surface area (Å²) in [5.74, 6) is -0.289. The lowest BCUT2D eigenvalue weighted by molar-refractivity contribution is 0.0126. The summed E-state index contributed by atoms with van der Waals surface area (Å²) in [6.07, 6.45) is 0. The number of benzene rings is 1. The number of hydrogen-bond donors (Lipinski definition) is 1. The topological polar surface area (TPSA) is 41.6 Å². The molecule has 1 saturated heterocycles. The van der Waals surface area contributed by atoms with Crippen LogP contribution in [0, 0.1) is 0 Å². The van der Waals surface area contributed by atoms with Crippen molar-refractivity contribution >= 4 is 29.1 Å². The molecule has 0 aromatic heterocycles. The average molecular weight is 275 g/mol. The predicted molar refractivity (Wildman–Crippen MR) is 66.3 cm³/mol. The van der Waals surface area contributed by atoms with Gasteiger partial charge in [0.25, 0.3) is 5.91 Å². The first-order valence-electron chi connectivity index (χ1n) is 5.26. The molecule has 2 rings (SSSR count). The van der Waals surface area contributed by atoms with Gasteiger partial charge in [-0.15, -0.1) is 0 Å².